The molecular weight excluding hydrogens is 752 g/mol. The Hall–Kier alpha value is -2.65. The number of fused-ring (bicyclic) bond motifs is 2. The van der Waals surface area contributed by atoms with Gasteiger partial charge < -0.3 is 4.90 Å². The summed E-state index contributed by atoms with van der Waals surface area (Å²) in [5.74, 6) is -12.5. The van der Waals surface area contributed by atoms with E-state index in [-0.39, 0.29) is 13.1 Å². The maximum Gasteiger partial charge on any atom is 0.199 e. The Morgan fingerprint density at radius 1 is 0.276 bits per heavy atom. The van der Waals surface area contributed by atoms with Gasteiger partial charge in [0.25, 0.3) is 0 Å². The molecule has 0 fully saturated rings. The molecule has 10 heteroatoms. The molecule has 0 radical (unpaired) electrons. The van der Waals surface area contributed by atoms with E-state index in [1.807, 2.05) is 0 Å². The number of anilines is 1. The van der Waals surface area contributed by atoms with Crippen LogP contribution in [0.25, 0.3) is 22.1 Å². The normalized spacial score (nSPS) is 11.8. The first kappa shape index (κ1) is 49.7. The van der Waals surface area contributed by atoms with Crippen LogP contribution in [0.2, 0.25) is 0 Å². The quantitative estimate of drug-likeness (QED) is 0.0194. The summed E-state index contributed by atoms with van der Waals surface area (Å²) in [7, 11) is 0. The molecule has 0 bridgehead atoms. The molecule has 1 heterocycles. The summed E-state index contributed by atoms with van der Waals surface area (Å²) in [5.41, 5.74) is -4.77. The Bertz CT molecular complexity index is 1550. The summed E-state index contributed by atoms with van der Waals surface area (Å²) in [6, 6.07) is 0. The lowest BCUT2D eigenvalue weighted by Crippen LogP contribution is -2.28. The number of aromatic nitrogens is 2. The van der Waals surface area contributed by atoms with E-state index < -0.39 is 68.5 Å². The SMILES string of the molecule is CCCCCCCCCCCCCCCCCCN(CCCCCCCCCCCCCCCCCC)c1c(F)c(F)c2nc3c(F)c(F)c(F)c(F)c3nc2c1F. The van der Waals surface area contributed by atoms with Gasteiger partial charge in [0, 0.05) is 13.1 Å². The molecule has 0 amide bonds. The third-order valence-corrected chi connectivity index (χ3v) is 11.8. The molecule has 0 atom stereocenters. The molecule has 0 saturated heterocycles. The number of hydrogen-bond acceptors (Lipinski definition) is 3. The fourth-order valence-electron chi connectivity index (χ4n) is 8.18. The molecular formula is C48H74F7N3. The van der Waals surface area contributed by atoms with Gasteiger partial charge in [-0.3, -0.25) is 0 Å². The zero-order valence-corrected chi connectivity index (χ0v) is 36.0. The van der Waals surface area contributed by atoms with Gasteiger partial charge in [0.2, 0.25) is 0 Å². The Kier molecular flexibility index (Phi) is 25.3. The molecule has 0 aliphatic rings. The van der Waals surface area contributed by atoms with Gasteiger partial charge in [-0.25, -0.2) is 40.7 Å². The van der Waals surface area contributed by atoms with Crippen molar-refractivity contribution in [2.75, 3.05) is 18.0 Å². The lowest BCUT2D eigenvalue weighted by atomic mass is 10.0. The monoisotopic (exact) mass is 826 g/mol. The Balaban J connectivity index is 1.51. The maximum absolute atomic E-state index is 16.2. The first-order valence-corrected chi connectivity index (χ1v) is 23.5. The van der Waals surface area contributed by atoms with Gasteiger partial charge in [0.15, 0.2) is 40.7 Å². The van der Waals surface area contributed by atoms with Crippen molar-refractivity contribution in [3.8, 4) is 0 Å². The topological polar surface area (TPSA) is 29.0 Å². The summed E-state index contributed by atoms with van der Waals surface area (Å²) < 4.78 is 105. The van der Waals surface area contributed by atoms with E-state index in [4.69, 9.17) is 0 Å². The van der Waals surface area contributed by atoms with Crippen molar-refractivity contribution < 1.29 is 30.7 Å². The van der Waals surface area contributed by atoms with Gasteiger partial charge in [0.05, 0.1) is 0 Å². The van der Waals surface area contributed by atoms with Crippen molar-refractivity contribution >= 4 is 27.8 Å². The van der Waals surface area contributed by atoms with Crippen LogP contribution in [0.5, 0.6) is 0 Å². The molecule has 2 aromatic carbocycles. The molecule has 3 aromatic rings. The summed E-state index contributed by atoms with van der Waals surface area (Å²) >= 11 is 0. The zero-order chi connectivity index (χ0) is 42.0. The van der Waals surface area contributed by atoms with Gasteiger partial charge in [-0.2, -0.15) is 0 Å². The number of hydrogen-bond donors (Lipinski definition) is 0. The van der Waals surface area contributed by atoms with Crippen LogP contribution in [0, 0.1) is 40.7 Å². The fourth-order valence-corrected chi connectivity index (χ4v) is 8.18. The average molecular weight is 826 g/mol. The highest BCUT2D eigenvalue weighted by Crippen LogP contribution is 2.35. The molecule has 0 unspecified atom stereocenters. The standard InChI is InChI=1S/C48H74F7N3/c1-3-5-7-9-11-13-15-17-19-21-23-25-27-29-31-33-35-58(36-34-32-30-28-26-24-22-20-18-16-14-12-10-8-6-4-2)48-42(54)41(53)46-47(43(48)55)57-45-40(52)38(50)37(49)39(51)44(45)56-46/h3-36H2,1-2H3. The van der Waals surface area contributed by atoms with Crippen molar-refractivity contribution in [1.82, 2.24) is 9.97 Å². The van der Waals surface area contributed by atoms with Gasteiger partial charge in [-0.15, -0.1) is 0 Å². The van der Waals surface area contributed by atoms with Gasteiger partial charge in [-0.1, -0.05) is 206 Å². The number of benzene rings is 2. The van der Waals surface area contributed by atoms with Gasteiger partial charge >= 0.3 is 0 Å². The van der Waals surface area contributed by atoms with Crippen LogP contribution in [0.15, 0.2) is 0 Å². The van der Waals surface area contributed by atoms with E-state index in [2.05, 4.69) is 23.8 Å². The maximum atomic E-state index is 16.2. The Morgan fingerprint density at radius 2 is 0.500 bits per heavy atom. The molecule has 330 valence electrons. The van der Waals surface area contributed by atoms with Crippen molar-refractivity contribution in [1.29, 1.82) is 0 Å². The molecule has 0 saturated carbocycles. The molecule has 0 aliphatic carbocycles. The molecule has 1 aromatic heterocycles. The largest absolute Gasteiger partial charge is 0.367 e. The van der Waals surface area contributed by atoms with Gasteiger partial charge in [-0.05, 0) is 12.8 Å². The molecule has 0 N–H and O–H groups in total. The molecule has 0 spiro atoms. The minimum Gasteiger partial charge on any atom is -0.367 e. The molecule has 58 heavy (non-hydrogen) atoms. The summed E-state index contributed by atoms with van der Waals surface area (Å²) in [5, 5.41) is 0. The van der Waals surface area contributed by atoms with Crippen LogP contribution in [-0.4, -0.2) is 23.1 Å². The van der Waals surface area contributed by atoms with Crippen LogP contribution in [0.3, 0.4) is 0 Å². The fraction of sp³-hybridized carbons (Fsp3) is 0.750. The number of nitrogens with zero attached hydrogens (tertiary/aromatic N) is 3. The van der Waals surface area contributed by atoms with Crippen LogP contribution in [-0.2, 0) is 0 Å². The van der Waals surface area contributed by atoms with Crippen molar-refractivity contribution in [2.24, 2.45) is 0 Å². The van der Waals surface area contributed by atoms with Crippen molar-refractivity contribution in [2.45, 2.75) is 219 Å². The van der Waals surface area contributed by atoms with Crippen molar-refractivity contribution in [3.05, 3.63) is 40.7 Å². The highest BCUT2D eigenvalue weighted by Gasteiger charge is 2.29. The Morgan fingerprint density at radius 3 is 0.776 bits per heavy atom. The Labute approximate surface area is 345 Å². The predicted octanol–water partition coefficient (Wildman–Crippen LogP) is 17.1. The van der Waals surface area contributed by atoms with E-state index in [0.717, 1.165) is 51.4 Å². The van der Waals surface area contributed by atoms with E-state index in [9.17, 15) is 17.6 Å². The van der Waals surface area contributed by atoms with Crippen molar-refractivity contribution in [3.63, 3.8) is 0 Å². The molecule has 3 rings (SSSR count). The highest BCUT2D eigenvalue weighted by molar-refractivity contribution is 5.90. The molecule has 3 nitrogen and oxygen atoms in total. The second kappa shape index (κ2) is 29.6. The van der Waals surface area contributed by atoms with Crippen LogP contribution >= 0.6 is 0 Å². The first-order valence-electron chi connectivity index (χ1n) is 23.5. The van der Waals surface area contributed by atoms with Crippen LogP contribution < -0.4 is 4.90 Å². The first-order chi connectivity index (χ1) is 28.2. The lowest BCUT2D eigenvalue weighted by Gasteiger charge is -2.26. The van der Waals surface area contributed by atoms with E-state index in [1.165, 1.54) is 146 Å². The van der Waals surface area contributed by atoms with Crippen LogP contribution in [0.4, 0.5) is 36.4 Å². The third-order valence-electron chi connectivity index (χ3n) is 11.8. The summed E-state index contributed by atoms with van der Waals surface area (Å²) in [6.45, 7) is 5.01. The summed E-state index contributed by atoms with van der Waals surface area (Å²) in [6.07, 6.45) is 38.1. The van der Waals surface area contributed by atoms with Crippen LogP contribution in [0.1, 0.15) is 219 Å². The molecule has 0 aliphatic heterocycles. The number of halogens is 7. The highest BCUT2D eigenvalue weighted by atomic mass is 19.2. The smallest absolute Gasteiger partial charge is 0.199 e. The second-order valence-corrected chi connectivity index (χ2v) is 16.8. The third kappa shape index (κ3) is 16.8. The minimum atomic E-state index is -2.17. The van der Waals surface area contributed by atoms with E-state index in [1.54, 1.807) is 0 Å². The lowest BCUT2D eigenvalue weighted by molar-refractivity contribution is 0.416. The summed E-state index contributed by atoms with van der Waals surface area (Å²) in [4.78, 5) is 8.63. The van der Waals surface area contributed by atoms with Gasteiger partial charge in [0.1, 0.15) is 27.8 Å². The zero-order valence-electron chi connectivity index (χ0n) is 36.0. The number of rotatable bonds is 35. The van der Waals surface area contributed by atoms with E-state index >= 15 is 13.2 Å². The predicted molar refractivity (Wildman–Crippen MR) is 228 cm³/mol. The second-order valence-electron chi connectivity index (χ2n) is 16.8. The number of unbranched alkanes of at least 4 members (excludes halogenated alkanes) is 30. The average Bonchev–Trinajstić information content (AvgIpc) is 3.23. The van der Waals surface area contributed by atoms with E-state index in [0.29, 0.717) is 12.8 Å². The minimum absolute atomic E-state index is 0.264.